The van der Waals surface area contributed by atoms with Gasteiger partial charge in [0.15, 0.2) is 0 Å². The first-order valence-electron chi connectivity index (χ1n) is 8.79. The molecule has 0 fully saturated rings. The molecule has 0 aliphatic rings. The van der Waals surface area contributed by atoms with Crippen molar-refractivity contribution in [1.29, 1.82) is 0 Å². The highest BCUT2D eigenvalue weighted by atomic mass is 79.9. The number of nitrogens with zero attached hydrogens (tertiary/aromatic N) is 2. The normalized spacial score (nSPS) is 14.2. The van der Waals surface area contributed by atoms with Gasteiger partial charge >= 0.3 is 0 Å². The van der Waals surface area contributed by atoms with E-state index in [1.165, 1.54) is 12.1 Å². The predicted octanol–water partition coefficient (Wildman–Crippen LogP) is 5.77. The van der Waals surface area contributed by atoms with Gasteiger partial charge in [-0.3, -0.25) is 4.98 Å². The summed E-state index contributed by atoms with van der Waals surface area (Å²) in [4.78, 5) is 9.03. The van der Waals surface area contributed by atoms with Gasteiger partial charge in [-0.05, 0) is 88.9 Å². The fourth-order valence-electron chi connectivity index (χ4n) is 2.78. The molecule has 9 heteroatoms. The first-order chi connectivity index (χ1) is 13.6. The number of nitrogens with one attached hydrogen (secondary N) is 1. The third-order valence-corrected chi connectivity index (χ3v) is 7.18. The van der Waals surface area contributed by atoms with Gasteiger partial charge in [0.05, 0.1) is 37.5 Å². The molecule has 29 heavy (non-hydrogen) atoms. The van der Waals surface area contributed by atoms with E-state index < -0.39 is 33.4 Å². The fourth-order valence-corrected chi connectivity index (χ4v) is 4.78. The average Bonchev–Trinajstić information content (AvgIpc) is 2.62. The molecule has 2 atom stereocenters. The molecule has 0 spiro atoms. The molecule has 0 radical (unpaired) electrons. The summed E-state index contributed by atoms with van der Waals surface area (Å²) in [5.41, 5.74) is 1.66. The molecule has 0 saturated carbocycles. The molecule has 154 valence electrons. The second kappa shape index (κ2) is 8.83. The summed E-state index contributed by atoms with van der Waals surface area (Å²) >= 11 is 7.04. The maximum atomic E-state index is 13.7. The Balaban J connectivity index is 2.11. The van der Waals surface area contributed by atoms with Crippen molar-refractivity contribution >= 4 is 53.7 Å². The van der Waals surface area contributed by atoms with Crippen LogP contribution in [-0.4, -0.2) is 18.9 Å². The number of hydrogen-bond acceptors (Lipinski definition) is 3. The van der Waals surface area contributed by atoms with E-state index in [1.807, 2.05) is 26.8 Å². The number of fused-ring (bicyclic) bond motifs is 1. The van der Waals surface area contributed by atoms with Crippen molar-refractivity contribution in [2.75, 3.05) is 0 Å². The zero-order valence-corrected chi connectivity index (χ0v) is 20.0. The summed E-state index contributed by atoms with van der Waals surface area (Å²) < 4.78 is 44.0. The standard InChI is InChI=1S/C20H19Br2F2N3OS/c1-20(2,3)29(28)27-15(9-11-7-12(23)10-13(24)8-11)18-16(21)17-14(19(22)26-18)5-4-6-25-17/h4-8,10,15,27H,9H2,1-3H3/t15-,29-/m0/s1. The summed E-state index contributed by atoms with van der Waals surface area (Å²) in [6, 6.07) is 6.46. The maximum Gasteiger partial charge on any atom is 0.126 e. The lowest BCUT2D eigenvalue weighted by Crippen LogP contribution is -2.37. The van der Waals surface area contributed by atoms with Crippen LogP contribution in [0.15, 0.2) is 45.6 Å². The first-order valence-corrected chi connectivity index (χ1v) is 11.5. The van der Waals surface area contributed by atoms with Crippen LogP contribution in [0.1, 0.15) is 38.1 Å². The minimum atomic E-state index is -1.43. The number of hydrogen-bond donors (Lipinski definition) is 1. The molecule has 2 heterocycles. The Labute approximate surface area is 187 Å². The number of aromatic nitrogens is 2. The second-order valence-electron chi connectivity index (χ2n) is 7.53. The second-order valence-corrected chi connectivity index (χ2v) is 11.1. The molecule has 1 aromatic carbocycles. The van der Waals surface area contributed by atoms with Gasteiger partial charge in [-0.2, -0.15) is 0 Å². The first kappa shape index (κ1) is 22.4. The van der Waals surface area contributed by atoms with Crippen LogP contribution in [0.5, 0.6) is 0 Å². The van der Waals surface area contributed by atoms with Gasteiger partial charge in [0, 0.05) is 17.6 Å². The SMILES string of the molecule is CC(C)(C)[S@](=O)N[C@@H](Cc1cc(F)cc(F)c1)c1nc(Br)c2cccnc2c1Br. The molecule has 0 aliphatic heterocycles. The summed E-state index contributed by atoms with van der Waals surface area (Å²) in [5.74, 6) is -1.33. The molecular weight excluding hydrogens is 528 g/mol. The summed E-state index contributed by atoms with van der Waals surface area (Å²) in [7, 11) is -1.43. The highest BCUT2D eigenvalue weighted by Crippen LogP contribution is 2.34. The minimum Gasteiger partial charge on any atom is -0.255 e. The fraction of sp³-hybridized carbons (Fsp3) is 0.300. The van der Waals surface area contributed by atoms with Crippen LogP contribution in [0.2, 0.25) is 0 Å². The van der Waals surface area contributed by atoms with Crippen LogP contribution >= 0.6 is 31.9 Å². The highest BCUT2D eigenvalue weighted by molar-refractivity contribution is 9.11. The van der Waals surface area contributed by atoms with Crippen LogP contribution < -0.4 is 4.72 Å². The van der Waals surface area contributed by atoms with Crippen LogP contribution in [-0.2, 0) is 17.4 Å². The maximum absolute atomic E-state index is 13.7. The minimum absolute atomic E-state index is 0.187. The third kappa shape index (κ3) is 5.25. The monoisotopic (exact) mass is 545 g/mol. The van der Waals surface area contributed by atoms with Gasteiger partial charge in [-0.1, -0.05) is 0 Å². The van der Waals surface area contributed by atoms with Crippen molar-refractivity contribution in [2.24, 2.45) is 0 Å². The lowest BCUT2D eigenvalue weighted by Gasteiger charge is -2.25. The van der Waals surface area contributed by atoms with E-state index in [-0.39, 0.29) is 6.42 Å². The van der Waals surface area contributed by atoms with Crippen LogP contribution in [0.3, 0.4) is 0 Å². The van der Waals surface area contributed by atoms with E-state index in [4.69, 9.17) is 0 Å². The van der Waals surface area contributed by atoms with E-state index in [0.29, 0.717) is 25.8 Å². The molecule has 0 amide bonds. The molecule has 0 bridgehead atoms. The summed E-state index contributed by atoms with van der Waals surface area (Å²) in [6.45, 7) is 5.53. The quantitative estimate of drug-likeness (QED) is 0.413. The van der Waals surface area contributed by atoms with Gasteiger partial charge in [-0.25, -0.2) is 22.7 Å². The van der Waals surface area contributed by atoms with E-state index in [0.717, 1.165) is 11.5 Å². The zero-order chi connectivity index (χ0) is 21.3. The Morgan fingerprint density at radius 3 is 2.45 bits per heavy atom. The van der Waals surface area contributed by atoms with Crippen molar-refractivity contribution < 1.29 is 13.0 Å². The molecule has 3 rings (SSSR count). The molecule has 1 N–H and O–H groups in total. The molecule has 0 aliphatic carbocycles. The van der Waals surface area contributed by atoms with Crippen molar-refractivity contribution in [1.82, 2.24) is 14.7 Å². The molecule has 3 aromatic rings. The lowest BCUT2D eigenvalue weighted by atomic mass is 10.0. The van der Waals surface area contributed by atoms with Gasteiger partial charge in [0.25, 0.3) is 0 Å². The van der Waals surface area contributed by atoms with Crippen molar-refractivity contribution in [2.45, 2.75) is 38.0 Å². The number of halogens is 4. The van der Waals surface area contributed by atoms with Crippen molar-refractivity contribution in [3.05, 3.63) is 68.5 Å². The Hall–Kier alpha value is -1.29. The third-order valence-electron chi connectivity index (χ3n) is 4.18. The van der Waals surface area contributed by atoms with Crippen molar-refractivity contribution in [3.8, 4) is 0 Å². The van der Waals surface area contributed by atoms with E-state index in [9.17, 15) is 13.0 Å². The lowest BCUT2D eigenvalue weighted by molar-refractivity contribution is 0.565. The van der Waals surface area contributed by atoms with Gasteiger partial charge in [0.2, 0.25) is 0 Å². The zero-order valence-electron chi connectivity index (χ0n) is 16.0. The Bertz CT molecular complexity index is 1070. The highest BCUT2D eigenvalue weighted by Gasteiger charge is 2.27. The van der Waals surface area contributed by atoms with Gasteiger partial charge in [-0.15, -0.1) is 0 Å². The van der Waals surface area contributed by atoms with Crippen LogP contribution in [0.4, 0.5) is 8.78 Å². The van der Waals surface area contributed by atoms with Gasteiger partial charge in [0.1, 0.15) is 16.2 Å². The average molecular weight is 547 g/mol. The van der Waals surface area contributed by atoms with Gasteiger partial charge < -0.3 is 0 Å². The Morgan fingerprint density at radius 2 is 1.83 bits per heavy atom. The predicted molar refractivity (Wildman–Crippen MR) is 119 cm³/mol. The molecular formula is C20H19Br2F2N3OS. The molecule has 0 saturated heterocycles. The molecule has 4 nitrogen and oxygen atoms in total. The number of rotatable bonds is 5. The number of benzene rings is 1. The summed E-state index contributed by atoms with van der Waals surface area (Å²) in [6.07, 6.45) is 1.86. The topological polar surface area (TPSA) is 54.9 Å². The molecule has 2 aromatic heterocycles. The van der Waals surface area contributed by atoms with Crippen LogP contribution in [0.25, 0.3) is 10.9 Å². The van der Waals surface area contributed by atoms with Crippen molar-refractivity contribution in [3.63, 3.8) is 0 Å². The van der Waals surface area contributed by atoms with E-state index in [2.05, 4.69) is 46.5 Å². The summed E-state index contributed by atoms with van der Waals surface area (Å²) in [5, 5.41) is 0.815. The van der Waals surface area contributed by atoms with Crippen LogP contribution in [0, 0.1) is 11.6 Å². The van der Waals surface area contributed by atoms with E-state index in [1.54, 1.807) is 12.3 Å². The Kier molecular flexibility index (Phi) is 6.82. The Morgan fingerprint density at radius 1 is 1.17 bits per heavy atom. The smallest absolute Gasteiger partial charge is 0.126 e. The van der Waals surface area contributed by atoms with E-state index >= 15 is 0 Å². The number of pyridine rings is 2. The largest absolute Gasteiger partial charge is 0.255 e. The molecule has 0 unspecified atom stereocenters.